The summed E-state index contributed by atoms with van der Waals surface area (Å²) in [5.74, 6) is -1.17. The summed E-state index contributed by atoms with van der Waals surface area (Å²) < 4.78 is 15.9. The highest BCUT2D eigenvalue weighted by atomic mass is 16.6. The van der Waals surface area contributed by atoms with Gasteiger partial charge in [0.2, 0.25) is 0 Å². The lowest BCUT2D eigenvalue weighted by molar-refractivity contribution is -0.136. The second-order valence-electron chi connectivity index (χ2n) is 7.84. The number of anilines is 1. The summed E-state index contributed by atoms with van der Waals surface area (Å²) >= 11 is 0. The summed E-state index contributed by atoms with van der Waals surface area (Å²) in [5, 5.41) is 6.62. The molecule has 0 radical (unpaired) electrons. The van der Waals surface area contributed by atoms with Crippen LogP contribution in [0.4, 0.5) is 5.69 Å². The highest BCUT2D eigenvalue weighted by Gasteiger charge is 2.17. The van der Waals surface area contributed by atoms with Gasteiger partial charge in [-0.3, -0.25) is 9.59 Å². The maximum Gasteiger partial charge on any atom is 0.343 e. The molecular formula is C27H27N3O6. The Labute approximate surface area is 209 Å². The van der Waals surface area contributed by atoms with E-state index < -0.39 is 17.8 Å². The van der Waals surface area contributed by atoms with E-state index in [4.69, 9.17) is 14.2 Å². The fourth-order valence-corrected chi connectivity index (χ4v) is 3.29. The number of benzene rings is 3. The molecule has 0 bridgehead atoms. The van der Waals surface area contributed by atoms with E-state index in [9.17, 15) is 14.4 Å². The number of hydrogen-bond donors (Lipinski definition) is 2. The Balaban J connectivity index is 1.67. The van der Waals surface area contributed by atoms with Crippen LogP contribution >= 0.6 is 0 Å². The SMILES string of the molecule is COc1ccc(C(=O)Oc2ccc(/C(C)=N/NC(=O)C(=O)Nc3c(C)cccc3C)cc2OC)cc1. The number of carbonyl (C=O) groups is 3. The van der Waals surface area contributed by atoms with Crippen LogP contribution in [0.1, 0.15) is 34.0 Å². The van der Waals surface area contributed by atoms with Gasteiger partial charge in [-0.05, 0) is 74.4 Å². The molecule has 0 aliphatic carbocycles. The first-order valence-electron chi connectivity index (χ1n) is 11.0. The summed E-state index contributed by atoms with van der Waals surface area (Å²) in [4.78, 5) is 37.0. The second-order valence-corrected chi connectivity index (χ2v) is 7.84. The third-order valence-electron chi connectivity index (χ3n) is 5.36. The summed E-state index contributed by atoms with van der Waals surface area (Å²) in [6, 6.07) is 16.9. The van der Waals surface area contributed by atoms with Crippen molar-refractivity contribution < 1.29 is 28.6 Å². The number of hydrazone groups is 1. The summed E-state index contributed by atoms with van der Waals surface area (Å²) in [6.07, 6.45) is 0. The zero-order chi connectivity index (χ0) is 26.2. The van der Waals surface area contributed by atoms with Crippen molar-refractivity contribution in [2.75, 3.05) is 19.5 Å². The molecule has 36 heavy (non-hydrogen) atoms. The molecule has 0 aromatic heterocycles. The number of nitrogens with one attached hydrogen (secondary N) is 2. The second kappa shape index (κ2) is 11.7. The van der Waals surface area contributed by atoms with Gasteiger partial charge in [-0.2, -0.15) is 5.10 Å². The quantitative estimate of drug-likeness (QED) is 0.170. The van der Waals surface area contributed by atoms with Crippen molar-refractivity contribution in [1.82, 2.24) is 5.43 Å². The van der Waals surface area contributed by atoms with E-state index >= 15 is 0 Å². The molecule has 0 heterocycles. The average molecular weight is 490 g/mol. The van der Waals surface area contributed by atoms with Crippen LogP contribution < -0.4 is 25.0 Å². The number of nitrogens with zero attached hydrogens (tertiary/aromatic N) is 1. The van der Waals surface area contributed by atoms with E-state index in [-0.39, 0.29) is 5.75 Å². The molecule has 2 N–H and O–H groups in total. The fourth-order valence-electron chi connectivity index (χ4n) is 3.29. The van der Waals surface area contributed by atoms with Gasteiger partial charge in [0, 0.05) is 11.3 Å². The van der Waals surface area contributed by atoms with Gasteiger partial charge >= 0.3 is 17.8 Å². The molecular weight excluding hydrogens is 462 g/mol. The highest BCUT2D eigenvalue weighted by Crippen LogP contribution is 2.29. The van der Waals surface area contributed by atoms with Crippen molar-refractivity contribution >= 4 is 29.2 Å². The molecule has 3 rings (SSSR count). The zero-order valence-electron chi connectivity index (χ0n) is 20.7. The van der Waals surface area contributed by atoms with E-state index in [0.29, 0.717) is 34.0 Å². The highest BCUT2D eigenvalue weighted by molar-refractivity contribution is 6.39. The number of methoxy groups -OCH3 is 2. The van der Waals surface area contributed by atoms with Crippen LogP contribution in [0.25, 0.3) is 0 Å². The number of rotatable bonds is 7. The normalized spacial score (nSPS) is 10.9. The standard InChI is InChI=1S/C27H27N3O6/c1-16-7-6-8-17(2)24(16)28-25(31)26(32)30-29-18(3)20-11-14-22(23(15-20)35-5)36-27(33)19-9-12-21(34-4)13-10-19/h6-15H,1-5H3,(H,28,31)(H,30,32)/b29-18+. The van der Waals surface area contributed by atoms with Gasteiger partial charge in [0.1, 0.15) is 5.75 Å². The first-order valence-corrected chi connectivity index (χ1v) is 11.0. The van der Waals surface area contributed by atoms with E-state index in [2.05, 4.69) is 15.8 Å². The molecule has 0 aliphatic heterocycles. The molecule has 3 aromatic carbocycles. The maximum atomic E-state index is 12.5. The molecule has 2 amide bonds. The van der Waals surface area contributed by atoms with Crippen molar-refractivity contribution in [3.63, 3.8) is 0 Å². The third kappa shape index (κ3) is 6.26. The molecule has 0 aliphatic rings. The van der Waals surface area contributed by atoms with Crippen LogP contribution in [-0.4, -0.2) is 37.7 Å². The number of ether oxygens (including phenoxy) is 3. The topological polar surface area (TPSA) is 115 Å². The smallest absolute Gasteiger partial charge is 0.343 e. The van der Waals surface area contributed by atoms with E-state index in [1.807, 2.05) is 32.0 Å². The van der Waals surface area contributed by atoms with Gasteiger partial charge in [-0.25, -0.2) is 10.2 Å². The summed E-state index contributed by atoms with van der Waals surface area (Å²) in [6.45, 7) is 5.34. The average Bonchev–Trinajstić information content (AvgIpc) is 2.89. The van der Waals surface area contributed by atoms with Crippen LogP contribution in [0.15, 0.2) is 65.8 Å². The van der Waals surface area contributed by atoms with Crippen molar-refractivity contribution in [1.29, 1.82) is 0 Å². The monoisotopic (exact) mass is 489 g/mol. The Morgan fingerprint density at radius 2 is 1.42 bits per heavy atom. The number of esters is 1. The molecule has 0 fully saturated rings. The van der Waals surface area contributed by atoms with Crippen molar-refractivity contribution in [3.05, 3.63) is 82.9 Å². The first-order chi connectivity index (χ1) is 17.2. The van der Waals surface area contributed by atoms with Crippen LogP contribution in [-0.2, 0) is 9.59 Å². The van der Waals surface area contributed by atoms with Gasteiger partial charge in [-0.15, -0.1) is 0 Å². The predicted molar refractivity (Wildman–Crippen MR) is 136 cm³/mol. The van der Waals surface area contributed by atoms with Crippen LogP contribution in [0.5, 0.6) is 17.2 Å². The number of carbonyl (C=O) groups excluding carboxylic acids is 3. The number of aryl methyl sites for hydroxylation is 2. The van der Waals surface area contributed by atoms with Gasteiger partial charge in [0.15, 0.2) is 11.5 Å². The lowest BCUT2D eigenvalue weighted by Gasteiger charge is -2.12. The maximum absolute atomic E-state index is 12.5. The molecule has 186 valence electrons. The minimum atomic E-state index is -0.908. The number of amides is 2. The minimum Gasteiger partial charge on any atom is -0.497 e. The number of para-hydroxylation sites is 1. The summed E-state index contributed by atoms with van der Waals surface area (Å²) in [5.41, 5.74) is 5.88. The zero-order valence-corrected chi connectivity index (χ0v) is 20.7. The molecule has 0 atom stereocenters. The fraction of sp³-hybridized carbons (Fsp3) is 0.185. The molecule has 0 saturated carbocycles. The van der Waals surface area contributed by atoms with Crippen LogP contribution in [0.3, 0.4) is 0 Å². The van der Waals surface area contributed by atoms with Gasteiger partial charge < -0.3 is 19.5 Å². The van der Waals surface area contributed by atoms with E-state index in [1.165, 1.54) is 14.2 Å². The van der Waals surface area contributed by atoms with Gasteiger partial charge in [0.05, 0.1) is 25.5 Å². The van der Waals surface area contributed by atoms with Gasteiger partial charge in [-0.1, -0.05) is 18.2 Å². The molecule has 0 unspecified atom stereocenters. The largest absolute Gasteiger partial charge is 0.497 e. The van der Waals surface area contributed by atoms with Crippen molar-refractivity contribution in [2.24, 2.45) is 5.10 Å². The van der Waals surface area contributed by atoms with Gasteiger partial charge in [0.25, 0.3) is 0 Å². The third-order valence-corrected chi connectivity index (χ3v) is 5.36. The lowest BCUT2D eigenvalue weighted by atomic mass is 10.1. The minimum absolute atomic E-state index is 0.215. The van der Waals surface area contributed by atoms with Crippen LogP contribution in [0.2, 0.25) is 0 Å². The van der Waals surface area contributed by atoms with Crippen LogP contribution in [0, 0.1) is 13.8 Å². The Morgan fingerprint density at radius 3 is 2.03 bits per heavy atom. The molecule has 9 nitrogen and oxygen atoms in total. The Morgan fingerprint density at radius 1 is 0.778 bits per heavy atom. The summed E-state index contributed by atoms with van der Waals surface area (Å²) in [7, 11) is 2.98. The molecule has 9 heteroatoms. The van der Waals surface area contributed by atoms with E-state index in [0.717, 1.165) is 11.1 Å². The Bertz CT molecular complexity index is 1300. The lowest BCUT2D eigenvalue weighted by Crippen LogP contribution is -2.33. The molecule has 3 aromatic rings. The first kappa shape index (κ1) is 26.0. The molecule has 0 spiro atoms. The Hall–Kier alpha value is -4.66. The van der Waals surface area contributed by atoms with Crippen molar-refractivity contribution in [3.8, 4) is 17.2 Å². The van der Waals surface area contributed by atoms with Crippen molar-refractivity contribution in [2.45, 2.75) is 20.8 Å². The predicted octanol–water partition coefficient (Wildman–Crippen LogP) is 4.02. The Kier molecular flexibility index (Phi) is 8.40. The molecule has 0 saturated heterocycles. The number of hydrogen-bond acceptors (Lipinski definition) is 7. The van der Waals surface area contributed by atoms with E-state index in [1.54, 1.807) is 49.4 Å².